The number of rotatable bonds is 2. The Labute approximate surface area is 387 Å². The van der Waals surface area contributed by atoms with Crippen LogP contribution in [0.2, 0.25) is 0 Å². The van der Waals surface area contributed by atoms with Gasteiger partial charge in [0, 0.05) is 237 Å². The summed E-state index contributed by atoms with van der Waals surface area (Å²) >= 11 is 0. The van der Waals surface area contributed by atoms with Gasteiger partial charge in [0.25, 0.3) is 0 Å². The SMILES string of the molecule is CC#CC#CC#CC#CC#CC#CC#CC#CC#CC#CC#CC#CC#CC#CC#CC#CC#CC#CC#CC#CC#CC#CC#CC#CC#CC#CC#CC#CC#CC.CCNCC. The summed E-state index contributed by atoms with van der Waals surface area (Å²) in [5.74, 6) is 146. The third kappa shape index (κ3) is 58.1. The van der Waals surface area contributed by atoms with Gasteiger partial charge >= 0.3 is 0 Å². The average Bonchev–Trinajstić information content (AvgIpc) is 3.32. The number of nitrogens with one attached hydrogen (secondary N) is 1. The summed E-state index contributed by atoms with van der Waals surface area (Å²) in [6, 6.07) is 0. The van der Waals surface area contributed by atoms with Gasteiger partial charge in [0.2, 0.25) is 0 Å². The van der Waals surface area contributed by atoms with E-state index in [9.17, 15) is 0 Å². The molecule has 278 valence electrons. The first-order chi connectivity index (χ1) is 32.3. The fourth-order valence-corrected chi connectivity index (χ4v) is 2.06. The van der Waals surface area contributed by atoms with Gasteiger partial charge in [-0.2, -0.15) is 0 Å². The topological polar surface area (TPSA) is 12.0 Å². The molecule has 1 heteroatoms. The number of hydrogen-bond donors (Lipinski definition) is 1. The molecule has 65 heavy (non-hydrogen) atoms. The molecule has 0 fully saturated rings. The highest BCUT2D eigenvalue weighted by molar-refractivity contribution is 5.51. The Morgan fingerprint density at radius 2 is 0.231 bits per heavy atom. The minimum absolute atomic E-state index is 1.09. The quantitative estimate of drug-likeness (QED) is 0.421. The summed E-state index contributed by atoms with van der Waals surface area (Å²) in [5, 5.41) is 3.11. The number of hydrogen-bond acceptors (Lipinski definition) is 1. The van der Waals surface area contributed by atoms with Gasteiger partial charge in [-0.25, -0.2) is 0 Å². The maximum Gasteiger partial charge on any atom is 0 e. The van der Waals surface area contributed by atoms with E-state index in [1.165, 1.54) is 0 Å². The van der Waals surface area contributed by atoms with E-state index in [1.807, 2.05) is 0 Å². The van der Waals surface area contributed by atoms with Crippen molar-refractivity contribution >= 4 is 0 Å². The Balaban J connectivity index is 0. The fraction of sp³-hybridized carbons (Fsp3) is 0.0938. The standard InChI is InChI=1S/C60H6.C4H11N/c1-3-5-7-9-11-13-15-17-19-21-23-25-27-29-31-33-35-37-39-41-43-45-47-49-51-53-55-57-59-60-58-56-54-52-50-48-46-44-42-40-38-36-34-32-30-28-26-24-22-20-18-16-14-12-10-8-6-4-2;1-3-5-4-2/h1-2H3;5H,3-4H2,1-2H3. The average molecular weight is 800 g/mol. The minimum Gasteiger partial charge on any atom is -0.317 e. The van der Waals surface area contributed by atoms with Crippen molar-refractivity contribution in [3.05, 3.63) is 0 Å². The summed E-state index contributed by atoms with van der Waals surface area (Å²) in [6.07, 6.45) is 0. The predicted octanol–water partition coefficient (Wildman–Crippen LogP) is 1.74. The molecule has 0 rings (SSSR count). The molecular weight excluding hydrogens is 783 g/mol. The van der Waals surface area contributed by atoms with E-state index in [2.05, 4.69) is 363 Å². The first-order valence-electron chi connectivity index (χ1n) is 17.4. The fourth-order valence-electron chi connectivity index (χ4n) is 2.06. The molecule has 0 atom stereocenters. The second-order valence-corrected chi connectivity index (χ2v) is 8.46. The van der Waals surface area contributed by atoms with Crippen molar-refractivity contribution in [3.63, 3.8) is 0 Å². The second kappa shape index (κ2) is 55.5. The lowest BCUT2D eigenvalue weighted by atomic mass is 10.4. The second-order valence-electron chi connectivity index (χ2n) is 8.46. The van der Waals surface area contributed by atoms with Crippen molar-refractivity contribution in [1.82, 2.24) is 5.32 Å². The highest BCUT2D eigenvalue weighted by Crippen LogP contribution is 1.63. The van der Waals surface area contributed by atoms with Gasteiger partial charge in [0.05, 0.1) is 0 Å². The van der Waals surface area contributed by atoms with Gasteiger partial charge in [-0.15, -0.1) is 0 Å². The van der Waals surface area contributed by atoms with Crippen LogP contribution in [0.25, 0.3) is 0 Å². The summed E-state index contributed by atoms with van der Waals surface area (Å²) in [4.78, 5) is 0. The van der Waals surface area contributed by atoms with E-state index in [4.69, 9.17) is 0 Å². The largest absolute Gasteiger partial charge is 0.317 e. The molecule has 0 aliphatic rings. The molecule has 0 heterocycles. The van der Waals surface area contributed by atoms with Gasteiger partial charge in [0.1, 0.15) is 0 Å². The molecule has 0 unspecified atom stereocenters. The lowest BCUT2D eigenvalue weighted by Crippen LogP contribution is -2.09. The van der Waals surface area contributed by atoms with Gasteiger partial charge in [-0.05, 0) is 122 Å². The molecule has 0 saturated heterocycles. The van der Waals surface area contributed by atoms with E-state index in [-0.39, 0.29) is 0 Å². The van der Waals surface area contributed by atoms with Crippen molar-refractivity contribution < 1.29 is 0 Å². The molecular formula is C64H17N. The van der Waals surface area contributed by atoms with E-state index >= 15 is 0 Å². The molecule has 0 radical (unpaired) electrons. The zero-order valence-corrected chi connectivity index (χ0v) is 34.9. The summed E-state index contributed by atoms with van der Waals surface area (Å²) in [5.41, 5.74) is 0. The molecule has 0 amide bonds. The zero-order chi connectivity index (χ0) is 47.1. The minimum atomic E-state index is 1.09. The normalized spacial score (nSPS) is 4.31. The molecule has 1 N–H and O–H groups in total. The van der Waals surface area contributed by atoms with Crippen LogP contribution in [-0.4, -0.2) is 13.1 Å². The van der Waals surface area contributed by atoms with E-state index in [0.29, 0.717) is 0 Å². The van der Waals surface area contributed by atoms with Crippen LogP contribution in [0.5, 0.6) is 0 Å². The van der Waals surface area contributed by atoms with Crippen LogP contribution >= 0.6 is 0 Å². The van der Waals surface area contributed by atoms with Crippen LogP contribution in [0, 0.1) is 343 Å². The Bertz CT molecular complexity index is 3580. The van der Waals surface area contributed by atoms with E-state index in [1.54, 1.807) is 13.8 Å². The predicted molar refractivity (Wildman–Crippen MR) is 261 cm³/mol. The van der Waals surface area contributed by atoms with Crippen LogP contribution in [0.1, 0.15) is 27.7 Å². The van der Waals surface area contributed by atoms with Crippen molar-refractivity contribution in [3.8, 4) is 343 Å². The molecule has 0 spiro atoms. The lowest BCUT2D eigenvalue weighted by Gasteiger charge is -1.86. The highest BCUT2D eigenvalue weighted by Gasteiger charge is 1.64. The molecule has 0 aromatic heterocycles. The molecule has 0 aliphatic carbocycles. The Morgan fingerprint density at radius 1 is 0.154 bits per heavy atom. The van der Waals surface area contributed by atoms with Crippen LogP contribution in [-0.2, 0) is 0 Å². The maximum absolute atomic E-state index is 3.11. The van der Waals surface area contributed by atoms with Gasteiger partial charge in [-0.1, -0.05) is 25.7 Å². The Morgan fingerprint density at radius 3 is 0.277 bits per heavy atom. The third-order valence-electron chi connectivity index (χ3n) is 4.19. The lowest BCUT2D eigenvalue weighted by molar-refractivity contribution is 0.762. The Kier molecular flexibility index (Phi) is 46.4. The molecule has 0 bridgehead atoms. The van der Waals surface area contributed by atoms with Crippen molar-refractivity contribution in [2.24, 2.45) is 0 Å². The van der Waals surface area contributed by atoms with Gasteiger partial charge in [0.15, 0.2) is 0 Å². The van der Waals surface area contributed by atoms with Crippen molar-refractivity contribution in [1.29, 1.82) is 0 Å². The van der Waals surface area contributed by atoms with Crippen LogP contribution < -0.4 is 5.32 Å². The van der Waals surface area contributed by atoms with Crippen molar-refractivity contribution in [2.75, 3.05) is 13.1 Å². The Hall–Kier alpha value is -12.8. The third-order valence-corrected chi connectivity index (χ3v) is 4.19. The molecule has 1 nitrogen and oxygen atoms in total. The molecule has 0 aromatic rings. The highest BCUT2D eigenvalue weighted by atomic mass is 14.8. The molecule has 0 aliphatic heterocycles. The summed E-state index contributed by atoms with van der Waals surface area (Å²) in [7, 11) is 0. The first-order valence-corrected chi connectivity index (χ1v) is 17.4. The van der Waals surface area contributed by atoms with Gasteiger partial charge < -0.3 is 5.32 Å². The smallest absolute Gasteiger partial charge is 0 e. The summed E-state index contributed by atoms with van der Waals surface area (Å²) in [6.45, 7) is 9.76. The van der Waals surface area contributed by atoms with Crippen LogP contribution in [0.4, 0.5) is 0 Å². The first kappa shape index (κ1) is 54.3. The van der Waals surface area contributed by atoms with Crippen molar-refractivity contribution in [2.45, 2.75) is 27.7 Å². The molecule has 0 saturated carbocycles. The van der Waals surface area contributed by atoms with Crippen LogP contribution in [0.3, 0.4) is 0 Å². The monoisotopic (exact) mass is 799 g/mol. The van der Waals surface area contributed by atoms with Crippen LogP contribution in [0.15, 0.2) is 0 Å². The maximum atomic E-state index is 3.11. The molecule has 0 aromatic carbocycles. The van der Waals surface area contributed by atoms with E-state index < -0.39 is 0 Å². The van der Waals surface area contributed by atoms with Gasteiger partial charge in [-0.3, -0.25) is 0 Å². The summed E-state index contributed by atoms with van der Waals surface area (Å²) < 4.78 is 0. The zero-order valence-electron chi connectivity index (χ0n) is 34.9. The van der Waals surface area contributed by atoms with E-state index in [0.717, 1.165) is 13.1 Å².